The standard InChI is InChI=1S/C51H90N12O6/c1-40(2)21-33(23-50(62(40)68)29-46(13,14)60(66)47(15,16)30-50)52-37-54-38(53-34-22-41(3,4)63(69)51(24-34)31-48(17,18)61(67)49(19,20)32-51)56-39(55-37)57(35-25-42(5,6)58(64)43(7,8)26-35)36-27-44(9,10)59(65)45(11,12)28-36/h33-36H,21-32H2,1-20H3,(H2,52,53,54,55,56). The maximum absolute atomic E-state index is 14.6. The van der Waals surface area contributed by atoms with Crippen molar-refractivity contribution in [3.05, 3.63) is 0 Å². The molecule has 6 fully saturated rings. The fraction of sp³-hybridized carbons (Fsp3) is 0.941. The highest BCUT2D eigenvalue weighted by Gasteiger charge is 2.63. The van der Waals surface area contributed by atoms with Gasteiger partial charge in [-0.1, -0.05) is 0 Å². The highest BCUT2D eigenvalue weighted by atomic mass is 16.5. The molecule has 69 heavy (non-hydrogen) atoms. The smallest absolute Gasteiger partial charge is 0.232 e. The predicted octanol–water partition coefficient (Wildman–Crippen LogP) is 8.89. The first-order valence-corrected chi connectivity index (χ1v) is 25.9. The van der Waals surface area contributed by atoms with Gasteiger partial charge >= 0.3 is 0 Å². The number of aromatic nitrogens is 3. The summed E-state index contributed by atoms with van der Waals surface area (Å²) >= 11 is 0. The van der Waals surface area contributed by atoms with Gasteiger partial charge in [-0.05, 0) is 216 Å². The number of rotatable bonds is 7. The van der Waals surface area contributed by atoms with Gasteiger partial charge in [0.25, 0.3) is 0 Å². The monoisotopic (exact) mass is 967 g/mol. The number of nitrogens with zero attached hydrogens (tertiary/aromatic N) is 10. The summed E-state index contributed by atoms with van der Waals surface area (Å²) in [4.78, 5) is 18.2. The summed E-state index contributed by atoms with van der Waals surface area (Å²) in [7, 11) is 0. The fourth-order valence-corrected chi connectivity index (χ4v) is 16.3. The maximum Gasteiger partial charge on any atom is 0.232 e. The zero-order valence-electron chi connectivity index (χ0n) is 46.2. The molecular formula is C51H90N12O6. The van der Waals surface area contributed by atoms with Gasteiger partial charge in [0.15, 0.2) is 0 Å². The average molecular weight is 967 g/mol. The van der Waals surface area contributed by atoms with E-state index in [2.05, 4.69) is 15.5 Å². The lowest BCUT2D eigenvalue weighted by Crippen LogP contribution is -2.73. The number of hydrogen-bond acceptors (Lipinski definition) is 12. The quantitative estimate of drug-likeness (QED) is 0.263. The van der Waals surface area contributed by atoms with Crippen LogP contribution in [0.25, 0.3) is 0 Å². The lowest BCUT2D eigenvalue weighted by atomic mass is 9.63. The van der Waals surface area contributed by atoms with Crippen LogP contribution in [-0.2, 0) is 31.2 Å². The zero-order chi connectivity index (χ0) is 52.1. The number of nitrogens with one attached hydrogen (secondary N) is 2. The highest BCUT2D eigenvalue weighted by molar-refractivity contribution is 5.48. The fourth-order valence-electron chi connectivity index (χ4n) is 16.3. The van der Waals surface area contributed by atoms with Crippen molar-refractivity contribution in [2.75, 3.05) is 15.5 Å². The molecule has 2 N–H and O–H groups in total. The minimum Gasteiger partial charge on any atom is -0.351 e. The summed E-state index contributed by atoms with van der Waals surface area (Å²) in [5.74, 6) is 1.09. The molecule has 0 saturated carbocycles. The Labute approximate surface area is 414 Å². The van der Waals surface area contributed by atoms with Gasteiger partial charge in [0.2, 0.25) is 17.8 Å². The average Bonchev–Trinajstić information content (AvgIpc) is 3.14. The lowest BCUT2D eigenvalue weighted by molar-refractivity contribution is -0.360. The SMILES string of the molecule is CC1(C)CC(N(c2nc(NC3CC(C)(C)N([O])C4(C3)CC(C)(C)N([O])C(C)(C)C4)nc(NC3CC(C)(C)N([O])C4(C3)CC(C)(C)N([O])C(C)(C)C4)n2)C2CC(C)(C)N([O])C(C)(C)C2)CC(C)(C)N1[O]. The molecule has 7 rings (SSSR count). The molecule has 7 heterocycles. The van der Waals surface area contributed by atoms with Gasteiger partial charge in [-0.15, -0.1) is 61.6 Å². The van der Waals surface area contributed by atoms with Crippen LogP contribution < -0.4 is 15.5 Å². The van der Waals surface area contributed by atoms with Gasteiger partial charge in [-0.3, -0.25) is 0 Å². The van der Waals surface area contributed by atoms with E-state index < -0.39 is 66.5 Å². The molecule has 18 heteroatoms. The molecule has 2 unspecified atom stereocenters. The Balaban J connectivity index is 1.37. The largest absolute Gasteiger partial charge is 0.351 e. The third-order valence-corrected chi connectivity index (χ3v) is 17.4. The minimum atomic E-state index is -0.851. The van der Waals surface area contributed by atoms with E-state index in [1.807, 2.05) is 138 Å². The summed E-state index contributed by atoms with van der Waals surface area (Å²) < 4.78 is 0. The first-order valence-electron chi connectivity index (χ1n) is 25.9. The molecule has 18 nitrogen and oxygen atoms in total. The van der Waals surface area contributed by atoms with E-state index in [4.69, 9.17) is 15.0 Å². The molecule has 6 saturated heterocycles. The Morgan fingerprint density at radius 1 is 0.348 bits per heavy atom. The molecule has 1 aromatic heterocycles. The number of hydrogen-bond donors (Lipinski definition) is 2. The van der Waals surface area contributed by atoms with Crippen LogP contribution in [0.2, 0.25) is 0 Å². The molecule has 6 radical (unpaired) electrons. The molecule has 0 aliphatic carbocycles. The van der Waals surface area contributed by atoms with Crippen molar-refractivity contribution in [2.45, 2.75) is 306 Å². The van der Waals surface area contributed by atoms with Crippen LogP contribution in [0, 0.1) is 0 Å². The van der Waals surface area contributed by atoms with Crippen molar-refractivity contribution in [1.29, 1.82) is 0 Å². The van der Waals surface area contributed by atoms with Crippen molar-refractivity contribution < 1.29 is 31.2 Å². The van der Waals surface area contributed by atoms with E-state index in [-0.39, 0.29) is 24.2 Å². The van der Waals surface area contributed by atoms with Gasteiger partial charge in [0.05, 0.1) is 11.1 Å². The molecule has 0 aromatic carbocycles. The van der Waals surface area contributed by atoms with E-state index in [9.17, 15) is 31.2 Å². The van der Waals surface area contributed by atoms with Gasteiger partial charge < -0.3 is 15.5 Å². The van der Waals surface area contributed by atoms with Crippen LogP contribution in [0.4, 0.5) is 17.8 Å². The van der Waals surface area contributed by atoms with Crippen molar-refractivity contribution >= 4 is 17.8 Å². The Hall–Kier alpha value is -2.07. The number of anilines is 3. The topological polar surface area (TPSA) is 205 Å². The Bertz CT molecular complexity index is 1860. The second kappa shape index (κ2) is 16.7. The first-order chi connectivity index (χ1) is 30.9. The predicted molar refractivity (Wildman–Crippen MR) is 262 cm³/mol. The Kier molecular flexibility index (Phi) is 13.3. The zero-order valence-corrected chi connectivity index (χ0v) is 46.2. The van der Waals surface area contributed by atoms with Gasteiger partial charge in [0.1, 0.15) is 0 Å². The van der Waals surface area contributed by atoms with E-state index in [1.54, 1.807) is 0 Å². The minimum absolute atomic E-state index is 0.196. The van der Waals surface area contributed by atoms with Gasteiger partial charge in [0, 0.05) is 79.6 Å². The van der Waals surface area contributed by atoms with Crippen LogP contribution in [-0.4, -0.2) is 136 Å². The van der Waals surface area contributed by atoms with Gasteiger partial charge in [-0.2, -0.15) is 15.0 Å². The van der Waals surface area contributed by atoms with Crippen LogP contribution >= 0.6 is 0 Å². The number of hydroxylamine groups is 12. The van der Waals surface area contributed by atoms with E-state index >= 15 is 0 Å². The Morgan fingerprint density at radius 3 is 0.870 bits per heavy atom. The second-order valence-electron chi connectivity index (χ2n) is 29.4. The van der Waals surface area contributed by atoms with Crippen molar-refractivity contribution in [2.24, 2.45) is 0 Å². The van der Waals surface area contributed by atoms with Crippen molar-refractivity contribution in [3.8, 4) is 0 Å². The summed E-state index contributed by atoms with van der Waals surface area (Å²) in [6.07, 6.45) is 5.57. The normalized spacial score (nSPS) is 33.0. The van der Waals surface area contributed by atoms with E-state index in [0.717, 1.165) is 0 Å². The number of piperidine rings is 6. The molecule has 0 amide bonds. The summed E-state index contributed by atoms with van der Waals surface area (Å²) in [6.45, 7) is 39.3. The molecule has 0 bridgehead atoms. The van der Waals surface area contributed by atoms with Gasteiger partial charge in [-0.25, -0.2) is 0 Å². The third-order valence-electron chi connectivity index (χ3n) is 17.4. The van der Waals surface area contributed by atoms with E-state index in [1.165, 1.54) is 30.4 Å². The summed E-state index contributed by atoms with van der Waals surface area (Å²) in [5.41, 5.74) is -9.37. The van der Waals surface area contributed by atoms with Crippen LogP contribution in [0.15, 0.2) is 0 Å². The Morgan fingerprint density at radius 2 is 0.594 bits per heavy atom. The summed E-state index contributed by atoms with van der Waals surface area (Å²) in [6, 6.07) is -0.915. The van der Waals surface area contributed by atoms with Crippen molar-refractivity contribution in [1.82, 2.24) is 45.3 Å². The summed E-state index contributed by atoms with van der Waals surface area (Å²) in [5, 5.41) is 99.5. The second-order valence-corrected chi connectivity index (χ2v) is 29.4. The highest BCUT2D eigenvalue weighted by Crippen LogP contribution is 2.55. The molecule has 1 aromatic rings. The van der Waals surface area contributed by atoms with E-state index in [0.29, 0.717) is 94.9 Å². The molecule has 6 aliphatic rings. The molecule has 2 spiro atoms. The van der Waals surface area contributed by atoms with Crippen LogP contribution in [0.1, 0.15) is 216 Å². The maximum atomic E-state index is 14.6. The van der Waals surface area contributed by atoms with Crippen LogP contribution in [0.3, 0.4) is 0 Å². The molecule has 390 valence electrons. The third kappa shape index (κ3) is 9.79. The van der Waals surface area contributed by atoms with Crippen molar-refractivity contribution in [3.63, 3.8) is 0 Å². The molecule has 6 aliphatic heterocycles. The first kappa shape index (κ1) is 54.7. The lowest BCUT2D eigenvalue weighted by Gasteiger charge is -2.62. The van der Waals surface area contributed by atoms with Crippen LogP contribution in [0.5, 0.6) is 0 Å². The molecule has 2 atom stereocenters. The molecular weight excluding hydrogens is 877 g/mol.